The highest BCUT2D eigenvalue weighted by Crippen LogP contribution is 2.15. The molecule has 0 aliphatic heterocycles. The molecular weight excluding hydrogens is 200 g/mol. The normalized spacial score (nSPS) is 13.9. The van der Waals surface area contributed by atoms with Crippen molar-refractivity contribution in [3.63, 3.8) is 0 Å². The number of hydrogen-bond donors (Lipinski definition) is 1. The Morgan fingerprint density at radius 1 is 1.57 bits per heavy atom. The van der Waals surface area contributed by atoms with Gasteiger partial charge in [-0.05, 0) is 18.1 Å². The monoisotopic (exact) mass is 214 g/mol. The third kappa shape index (κ3) is 3.43. The van der Waals surface area contributed by atoms with Gasteiger partial charge in [-0.2, -0.15) is 0 Å². The van der Waals surface area contributed by atoms with E-state index in [1.54, 1.807) is 18.5 Å². The molecule has 0 saturated heterocycles. The molecule has 0 aliphatic carbocycles. The van der Waals surface area contributed by atoms with E-state index in [0.717, 1.165) is 11.8 Å². The van der Waals surface area contributed by atoms with Crippen molar-refractivity contribution in [2.45, 2.75) is 19.4 Å². The Morgan fingerprint density at radius 3 is 2.71 bits per heavy atom. The van der Waals surface area contributed by atoms with Crippen LogP contribution in [0.4, 0.5) is 0 Å². The summed E-state index contributed by atoms with van der Waals surface area (Å²) in [5.74, 6) is 0. The lowest BCUT2D eigenvalue weighted by Gasteiger charge is -2.14. The van der Waals surface area contributed by atoms with E-state index in [0.29, 0.717) is 6.42 Å². The zero-order valence-electron chi connectivity index (χ0n) is 8.27. The first-order chi connectivity index (χ1) is 6.53. The van der Waals surface area contributed by atoms with Crippen LogP contribution >= 0.6 is 0 Å². The van der Waals surface area contributed by atoms with Crippen molar-refractivity contribution in [2.75, 3.05) is 6.26 Å². The average Bonchev–Trinajstić information content (AvgIpc) is 2.14. The van der Waals surface area contributed by atoms with E-state index < -0.39 is 10.0 Å². The summed E-state index contributed by atoms with van der Waals surface area (Å²) in [5, 5.41) is 0. The van der Waals surface area contributed by atoms with E-state index >= 15 is 0 Å². The second-order valence-corrected chi connectivity index (χ2v) is 4.92. The number of aromatic nitrogens is 1. The molecule has 1 heterocycles. The Kier molecular flexibility index (Phi) is 3.60. The average molecular weight is 214 g/mol. The summed E-state index contributed by atoms with van der Waals surface area (Å²) in [4.78, 5) is 3.95. The van der Waals surface area contributed by atoms with Gasteiger partial charge in [0.05, 0.1) is 6.26 Å². The second-order valence-electron chi connectivity index (χ2n) is 3.14. The maximum atomic E-state index is 11.0. The van der Waals surface area contributed by atoms with E-state index in [4.69, 9.17) is 0 Å². The van der Waals surface area contributed by atoms with Gasteiger partial charge in [-0.1, -0.05) is 13.0 Å². The second kappa shape index (κ2) is 4.52. The van der Waals surface area contributed by atoms with Crippen molar-refractivity contribution in [1.82, 2.24) is 9.71 Å². The van der Waals surface area contributed by atoms with Crippen LogP contribution in [0, 0.1) is 0 Å². The van der Waals surface area contributed by atoms with Gasteiger partial charge in [0.2, 0.25) is 10.0 Å². The number of rotatable bonds is 4. The summed E-state index contributed by atoms with van der Waals surface area (Å²) in [6.45, 7) is 1.93. The summed E-state index contributed by atoms with van der Waals surface area (Å²) in [6, 6.07) is 3.47. The molecule has 0 amide bonds. The van der Waals surface area contributed by atoms with Crippen LogP contribution in [0.3, 0.4) is 0 Å². The Labute approximate surface area is 84.4 Å². The van der Waals surface area contributed by atoms with Crippen LogP contribution in [0.2, 0.25) is 0 Å². The lowest BCUT2D eigenvalue weighted by Crippen LogP contribution is -2.26. The first kappa shape index (κ1) is 11.1. The predicted octanol–water partition coefficient (Wildman–Crippen LogP) is 1.08. The topological polar surface area (TPSA) is 59.1 Å². The van der Waals surface area contributed by atoms with Gasteiger partial charge in [-0.3, -0.25) is 4.98 Å². The van der Waals surface area contributed by atoms with Crippen LogP contribution < -0.4 is 4.72 Å². The van der Waals surface area contributed by atoms with Crippen molar-refractivity contribution < 1.29 is 8.42 Å². The molecule has 4 nitrogen and oxygen atoms in total. The molecule has 0 fully saturated rings. The molecule has 1 rings (SSSR count). The van der Waals surface area contributed by atoms with E-state index in [2.05, 4.69) is 9.71 Å². The molecule has 1 N–H and O–H groups in total. The Morgan fingerprint density at radius 2 is 2.29 bits per heavy atom. The Hall–Kier alpha value is -0.940. The molecule has 0 spiro atoms. The minimum Gasteiger partial charge on any atom is -0.264 e. The van der Waals surface area contributed by atoms with Gasteiger partial charge in [-0.15, -0.1) is 0 Å². The summed E-state index contributed by atoms with van der Waals surface area (Å²) in [5.41, 5.74) is 0.889. The zero-order chi connectivity index (χ0) is 10.6. The number of nitrogens with zero attached hydrogens (tertiary/aromatic N) is 1. The summed E-state index contributed by atoms with van der Waals surface area (Å²) in [6.07, 6.45) is 5.20. The third-order valence-electron chi connectivity index (χ3n) is 1.85. The number of nitrogens with one attached hydrogen (secondary N) is 1. The molecule has 0 saturated carbocycles. The highest BCUT2D eigenvalue weighted by Gasteiger charge is 2.13. The minimum atomic E-state index is -3.16. The fraction of sp³-hybridized carbons (Fsp3) is 0.444. The molecule has 5 heteroatoms. The molecule has 0 aliphatic rings. The van der Waals surface area contributed by atoms with E-state index in [9.17, 15) is 8.42 Å². The molecule has 78 valence electrons. The van der Waals surface area contributed by atoms with Crippen molar-refractivity contribution in [1.29, 1.82) is 0 Å². The Balaban J connectivity index is 2.84. The van der Waals surface area contributed by atoms with Crippen LogP contribution in [0.25, 0.3) is 0 Å². The zero-order valence-corrected chi connectivity index (χ0v) is 9.08. The van der Waals surface area contributed by atoms with Crippen molar-refractivity contribution in [3.05, 3.63) is 30.1 Å². The van der Waals surface area contributed by atoms with E-state index in [1.807, 2.05) is 13.0 Å². The van der Waals surface area contributed by atoms with E-state index in [1.165, 1.54) is 0 Å². The van der Waals surface area contributed by atoms with Gasteiger partial charge >= 0.3 is 0 Å². The SMILES string of the molecule is CCC(NS(C)(=O)=O)c1cccnc1. The number of pyridine rings is 1. The first-order valence-corrected chi connectivity index (χ1v) is 6.29. The highest BCUT2D eigenvalue weighted by atomic mass is 32.2. The van der Waals surface area contributed by atoms with Gasteiger partial charge in [0, 0.05) is 18.4 Å². The number of hydrogen-bond acceptors (Lipinski definition) is 3. The van der Waals surface area contributed by atoms with Crippen LogP contribution in [0.5, 0.6) is 0 Å². The van der Waals surface area contributed by atoms with Crippen LogP contribution in [-0.4, -0.2) is 19.7 Å². The van der Waals surface area contributed by atoms with Crippen LogP contribution in [-0.2, 0) is 10.0 Å². The van der Waals surface area contributed by atoms with Gasteiger partial charge < -0.3 is 0 Å². The molecular formula is C9H14N2O2S. The fourth-order valence-corrected chi connectivity index (χ4v) is 2.05. The maximum Gasteiger partial charge on any atom is 0.209 e. The van der Waals surface area contributed by atoms with Gasteiger partial charge in [0.1, 0.15) is 0 Å². The maximum absolute atomic E-state index is 11.0. The highest BCUT2D eigenvalue weighted by molar-refractivity contribution is 7.88. The van der Waals surface area contributed by atoms with E-state index in [-0.39, 0.29) is 6.04 Å². The molecule has 0 radical (unpaired) electrons. The molecule has 0 bridgehead atoms. The molecule has 0 aromatic carbocycles. The largest absolute Gasteiger partial charge is 0.264 e. The quantitative estimate of drug-likeness (QED) is 0.816. The molecule has 1 aromatic heterocycles. The van der Waals surface area contributed by atoms with Gasteiger partial charge in [-0.25, -0.2) is 13.1 Å². The van der Waals surface area contributed by atoms with Gasteiger partial charge in [0.25, 0.3) is 0 Å². The smallest absolute Gasteiger partial charge is 0.209 e. The summed E-state index contributed by atoms with van der Waals surface area (Å²) < 4.78 is 24.6. The Bertz CT molecular complexity index is 375. The van der Waals surface area contributed by atoms with Crippen molar-refractivity contribution >= 4 is 10.0 Å². The van der Waals surface area contributed by atoms with Crippen LogP contribution in [0.15, 0.2) is 24.5 Å². The number of sulfonamides is 1. The minimum absolute atomic E-state index is 0.182. The van der Waals surface area contributed by atoms with Gasteiger partial charge in [0.15, 0.2) is 0 Å². The predicted molar refractivity (Wildman–Crippen MR) is 55.2 cm³/mol. The lowest BCUT2D eigenvalue weighted by atomic mass is 10.1. The summed E-state index contributed by atoms with van der Waals surface area (Å²) in [7, 11) is -3.16. The van der Waals surface area contributed by atoms with Crippen molar-refractivity contribution in [3.8, 4) is 0 Å². The van der Waals surface area contributed by atoms with Crippen LogP contribution in [0.1, 0.15) is 24.9 Å². The summed E-state index contributed by atoms with van der Waals surface area (Å²) >= 11 is 0. The lowest BCUT2D eigenvalue weighted by molar-refractivity contribution is 0.555. The molecule has 14 heavy (non-hydrogen) atoms. The van der Waals surface area contributed by atoms with Crippen molar-refractivity contribution in [2.24, 2.45) is 0 Å². The molecule has 1 aromatic rings. The molecule has 1 unspecified atom stereocenters. The fourth-order valence-electron chi connectivity index (χ4n) is 1.23. The first-order valence-electron chi connectivity index (χ1n) is 4.40. The standard InChI is InChI=1S/C9H14N2O2S/c1-3-9(11-14(2,12)13)8-5-4-6-10-7-8/h4-7,9,11H,3H2,1-2H3. The third-order valence-corrected chi connectivity index (χ3v) is 2.56. The molecule has 1 atom stereocenters.